The SMILES string of the molecule is CC(Cl)CCCCOS(=O)(=O)c1ccc([N+](=O)[O-])cc1. The molecule has 0 fully saturated rings. The van der Waals surface area contributed by atoms with Crippen molar-refractivity contribution in [3.8, 4) is 0 Å². The summed E-state index contributed by atoms with van der Waals surface area (Å²) in [6, 6.07) is 4.58. The van der Waals surface area contributed by atoms with Crippen LogP contribution in [0.2, 0.25) is 0 Å². The average Bonchev–Trinajstić information content (AvgIpc) is 2.38. The number of non-ortho nitro benzene ring substituents is 1. The molecule has 1 aromatic carbocycles. The normalized spacial score (nSPS) is 13.1. The van der Waals surface area contributed by atoms with E-state index in [1.54, 1.807) is 0 Å². The largest absolute Gasteiger partial charge is 0.296 e. The zero-order chi connectivity index (χ0) is 15.2. The van der Waals surface area contributed by atoms with Crippen LogP contribution in [0.5, 0.6) is 0 Å². The molecule has 1 unspecified atom stereocenters. The molecule has 0 aliphatic carbocycles. The van der Waals surface area contributed by atoms with E-state index in [9.17, 15) is 18.5 Å². The van der Waals surface area contributed by atoms with Crippen molar-refractivity contribution in [3.05, 3.63) is 34.4 Å². The first-order valence-electron chi connectivity index (χ1n) is 6.11. The third kappa shape index (κ3) is 5.44. The van der Waals surface area contributed by atoms with E-state index in [1.165, 1.54) is 0 Å². The predicted molar refractivity (Wildman–Crippen MR) is 75.4 cm³/mol. The fourth-order valence-electron chi connectivity index (χ4n) is 1.50. The first-order valence-corrected chi connectivity index (χ1v) is 7.95. The predicted octanol–water partition coefficient (Wildman–Crippen LogP) is 3.10. The Morgan fingerprint density at radius 1 is 1.30 bits per heavy atom. The van der Waals surface area contributed by atoms with Crippen molar-refractivity contribution in [1.29, 1.82) is 0 Å². The Labute approximate surface area is 123 Å². The Morgan fingerprint density at radius 3 is 2.40 bits per heavy atom. The van der Waals surface area contributed by atoms with Gasteiger partial charge in [-0.2, -0.15) is 8.42 Å². The van der Waals surface area contributed by atoms with Gasteiger partial charge in [-0.3, -0.25) is 14.3 Å². The molecule has 0 aliphatic heterocycles. The zero-order valence-electron chi connectivity index (χ0n) is 11.0. The molecule has 0 saturated carbocycles. The van der Waals surface area contributed by atoms with Crippen LogP contribution in [0.25, 0.3) is 0 Å². The lowest BCUT2D eigenvalue weighted by molar-refractivity contribution is -0.384. The Bertz CT molecular complexity index is 541. The molecule has 1 atom stereocenters. The molecule has 0 spiro atoms. The Hall–Kier alpha value is -1.18. The van der Waals surface area contributed by atoms with Gasteiger partial charge in [-0.1, -0.05) is 0 Å². The summed E-state index contributed by atoms with van der Waals surface area (Å²) in [6.45, 7) is 1.94. The highest BCUT2D eigenvalue weighted by Crippen LogP contribution is 2.18. The second-order valence-corrected chi connectivity index (χ2v) is 6.66. The van der Waals surface area contributed by atoms with Crippen molar-refractivity contribution >= 4 is 27.4 Å². The van der Waals surface area contributed by atoms with E-state index in [0.29, 0.717) is 6.42 Å². The van der Waals surface area contributed by atoms with E-state index in [1.807, 2.05) is 6.92 Å². The van der Waals surface area contributed by atoms with Gasteiger partial charge in [-0.05, 0) is 38.3 Å². The molecule has 1 aromatic rings. The Morgan fingerprint density at radius 2 is 1.90 bits per heavy atom. The van der Waals surface area contributed by atoms with E-state index in [0.717, 1.165) is 37.1 Å². The molecule has 0 aromatic heterocycles. The average molecular weight is 322 g/mol. The summed E-state index contributed by atoms with van der Waals surface area (Å²) in [5, 5.41) is 10.5. The fourth-order valence-corrected chi connectivity index (χ4v) is 2.60. The van der Waals surface area contributed by atoms with E-state index < -0.39 is 15.0 Å². The van der Waals surface area contributed by atoms with Crippen LogP contribution in [0.3, 0.4) is 0 Å². The van der Waals surface area contributed by atoms with E-state index in [4.69, 9.17) is 15.8 Å². The monoisotopic (exact) mass is 321 g/mol. The standard InChI is InChI=1S/C12H16ClNO5S/c1-10(13)4-2-3-9-19-20(17,18)12-7-5-11(6-8-12)14(15)16/h5-8,10H,2-4,9H2,1H3. The minimum atomic E-state index is -3.86. The number of unbranched alkanes of at least 4 members (excludes halogenated alkanes) is 1. The van der Waals surface area contributed by atoms with Gasteiger partial charge in [0.25, 0.3) is 15.8 Å². The first kappa shape index (κ1) is 16.9. The van der Waals surface area contributed by atoms with Gasteiger partial charge in [0.15, 0.2) is 0 Å². The lowest BCUT2D eigenvalue weighted by Crippen LogP contribution is -2.08. The summed E-state index contributed by atoms with van der Waals surface area (Å²) in [5.41, 5.74) is -0.167. The molecule has 8 heteroatoms. The Kier molecular flexibility index (Phi) is 6.38. The number of rotatable bonds is 8. The second-order valence-electron chi connectivity index (χ2n) is 4.30. The lowest BCUT2D eigenvalue weighted by atomic mass is 10.2. The van der Waals surface area contributed by atoms with Gasteiger partial charge >= 0.3 is 0 Å². The highest BCUT2D eigenvalue weighted by molar-refractivity contribution is 7.86. The number of nitro groups is 1. The summed E-state index contributed by atoms with van der Waals surface area (Å²) in [7, 11) is -3.86. The topological polar surface area (TPSA) is 86.5 Å². The van der Waals surface area contributed by atoms with Crippen LogP contribution < -0.4 is 0 Å². The summed E-state index contributed by atoms with van der Waals surface area (Å²) in [4.78, 5) is 9.79. The molecule has 0 N–H and O–H groups in total. The van der Waals surface area contributed by atoms with Crippen molar-refractivity contribution in [3.63, 3.8) is 0 Å². The van der Waals surface area contributed by atoms with Gasteiger partial charge in [-0.15, -0.1) is 11.6 Å². The maximum atomic E-state index is 11.8. The molecular formula is C12H16ClNO5S. The van der Waals surface area contributed by atoms with Gasteiger partial charge < -0.3 is 0 Å². The molecule has 0 amide bonds. The molecule has 112 valence electrons. The third-order valence-electron chi connectivity index (χ3n) is 2.57. The number of hydrogen-bond acceptors (Lipinski definition) is 5. The van der Waals surface area contributed by atoms with Crippen LogP contribution in [0, 0.1) is 10.1 Å². The van der Waals surface area contributed by atoms with Crippen molar-refractivity contribution in [1.82, 2.24) is 0 Å². The fraction of sp³-hybridized carbons (Fsp3) is 0.500. The van der Waals surface area contributed by atoms with Gasteiger partial charge in [-0.25, -0.2) is 0 Å². The maximum Gasteiger partial charge on any atom is 0.296 e. The quantitative estimate of drug-likeness (QED) is 0.241. The molecule has 6 nitrogen and oxygen atoms in total. The number of benzene rings is 1. The van der Waals surface area contributed by atoms with Gasteiger partial charge in [0, 0.05) is 17.5 Å². The summed E-state index contributed by atoms with van der Waals surface area (Å²) in [6.07, 6.45) is 2.16. The van der Waals surface area contributed by atoms with E-state index in [-0.39, 0.29) is 22.6 Å². The second kappa shape index (κ2) is 7.56. The van der Waals surface area contributed by atoms with Gasteiger partial charge in [0.2, 0.25) is 0 Å². The number of hydrogen-bond donors (Lipinski definition) is 0. The van der Waals surface area contributed by atoms with Crippen LogP contribution in [-0.4, -0.2) is 25.3 Å². The number of alkyl halides is 1. The summed E-state index contributed by atoms with van der Waals surface area (Å²) >= 11 is 5.77. The molecule has 0 bridgehead atoms. The van der Waals surface area contributed by atoms with Crippen molar-refractivity contribution in [2.45, 2.75) is 36.5 Å². The van der Waals surface area contributed by atoms with Crippen molar-refractivity contribution < 1.29 is 17.5 Å². The van der Waals surface area contributed by atoms with Gasteiger partial charge in [0.05, 0.1) is 16.4 Å². The summed E-state index contributed by atoms with van der Waals surface area (Å²) in [5.74, 6) is 0. The summed E-state index contributed by atoms with van der Waals surface area (Å²) < 4.78 is 28.4. The highest BCUT2D eigenvalue weighted by atomic mass is 35.5. The molecule has 0 heterocycles. The van der Waals surface area contributed by atoms with Crippen molar-refractivity contribution in [2.24, 2.45) is 0 Å². The third-order valence-corrected chi connectivity index (χ3v) is 4.12. The van der Waals surface area contributed by atoms with Crippen LogP contribution >= 0.6 is 11.6 Å². The molecule has 0 saturated heterocycles. The van der Waals surface area contributed by atoms with E-state index >= 15 is 0 Å². The highest BCUT2D eigenvalue weighted by Gasteiger charge is 2.16. The number of nitrogens with zero attached hydrogens (tertiary/aromatic N) is 1. The molecule has 1 rings (SSSR count). The lowest BCUT2D eigenvalue weighted by Gasteiger charge is -2.06. The van der Waals surface area contributed by atoms with Crippen LogP contribution in [-0.2, 0) is 14.3 Å². The van der Waals surface area contributed by atoms with Crippen LogP contribution in [0.15, 0.2) is 29.2 Å². The van der Waals surface area contributed by atoms with E-state index in [2.05, 4.69) is 0 Å². The van der Waals surface area contributed by atoms with Crippen LogP contribution in [0.4, 0.5) is 5.69 Å². The molecule has 0 radical (unpaired) electrons. The van der Waals surface area contributed by atoms with Gasteiger partial charge in [0.1, 0.15) is 0 Å². The minimum absolute atomic E-state index is 0.0567. The maximum absolute atomic E-state index is 11.8. The Balaban J connectivity index is 2.54. The van der Waals surface area contributed by atoms with Crippen molar-refractivity contribution in [2.75, 3.05) is 6.61 Å². The number of halogens is 1. The zero-order valence-corrected chi connectivity index (χ0v) is 12.6. The smallest absolute Gasteiger partial charge is 0.266 e. The molecule has 0 aliphatic rings. The number of nitro benzene ring substituents is 1. The minimum Gasteiger partial charge on any atom is -0.266 e. The molecular weight excluding hydrogens is 306 g/mol. The molecule has 20 heavy (non-hydrogen) atoms. The van der Waals surface area contributed by atoms with Crippen LogP contribution in [0.1, 0.15) is 26.2 Å². The first-order chi connectivity index (χ1) is 9.33.